The van der Waals surface area contributed by atoms with Crippen molar-refractivity contribution in [3.63, 3.8) is 0 Å². The van der Waals surface area contributed by atoms with Gasteiger partial charge in [-0.15, -0.1) is 0 Å². The van der Waals surface area contributed by atoms with Crippen LogP contribution in [0.25, 0.3) is 10.8 Å². The second kappa shape index (κ2) is 13.7. The van der Waals surface area contributed by atoms with Gasteiger partial charge in [-0.3, -0.25) is 4.72 Å². The number of rotatable bonds is 10. The highest BCUT2D eigenvalue weighted by molar-refractivity contribution is 7.96. The molecule has 0 saturated heterocycles. The van der Waals surface area contributed by atoms with Crippen LogP contribution in [-0.2, 0) is 12.0 Å². The topological polar surface area (TPSA) is 96.5 Å². The summed E-state index contributed by atoms with van der Waals surface area (Å²) in [6, 6.07) is 28.8. The van der Waals surface area contributed by atoms with Gasteiger partial charge >= 0.3 is 6.03 Å². The second-order valence-corrected chi connectivity index (χ2v) is 11.9. The van der Waals surface area contributed by atoms with Gasteiger partial charge in [-0.05, 0) is 53.6 Å². The van der Waals surface area contributed by atoms with Crippen molar-refractivity contribution < 1.29 is 14.3 Å². The molecule has 226 valence electrons. The summed E-state index contributed by atoms with van der Waals surface area (Å²) in [7, 11) is 1.62. The molecule has 0 fully saturated rings. The number of nitrogens with one attached hydrogen (secondary N) is 4. The molecule has 4 aromatic carbocycles. The summed E-state index contributed by atoms with van der Waals surface area (Å²) in [6.07, 6.45) is 3.68. The summed E-state index contributed by atoms with van der Waals surface area (Å²) in [5.74, 6) is 2.60. The van der Waals surface area contributed by atoms with E-state index in [4.69, 9.17) is 9.47 Å². The van der Waals surface area contributed by atoms with Crippen LogP contribution in [-0.4, -0.2) is 24.4 Å². The Bertz CT molecular complexity index is 1760. The van der Waals surface area contributed by atoms with Crippen molar-refractivity contribution in [1.29, 1.82) is 0 Å². The summed E-state index contributed by atoms with van der Waals surface area (Å²) in [4.78, 5) is 17.8. The number of carbonyl (C=O) groups is 1. The molecule has 0 bridgehead atoms. The molecule has 0 aliphatic carbocycles. The Balaban J connectivity index is 1.38. The van der Waals surface area contributed by atoms with E-state index in [1.807, 2.05) is 91.2 Å². The first kappa shape index (κ1) is 30.7. The maximum absolute atomic E-state index is 13.4. The van der Waals surface area contributed by atoms with Crippen LogP contribution < -0.4 is 30.1 Å². The smallest absolute Gasteiger partial charge is 0.323 e. The van der Waals surface area contributed by atoms with Gasteiger partial charge in [-0.2, -0.15) is 0 Å². The zero-order valence-corrected chi connectivity index (χ0v) is 26.3. The van der Waals surface area contributed by atoms with Crippen LogP contribution in [0.1, 0.15) is 31.9 Å². The maximum atomic E-state index is 13.4. The van der Waals surface area contributed by atoms with Gasteiger partial charge in [0.2, 0.25) is 0 Å². The van der Waals surface area contributed by atoms with E-state index >= 15 is 0 Å². The minimum Gasteiger partial charge on any atom is -0.494 e. The van der Waals surface area contributed by atoms with E-state index in [1.165, 1.54) is 11.9 Å². The Hall–Kier alpha value is -4.73. The Labute approximate surface area is 262 Å². The summed E-state index contributed by atoms with van der Waals surface area (Å²) in [5, 5.41) is 11.1. The van der Waals surface area contributed by atoms with Gasteiger partial charge < -0.3 is 25.4 Å². The van der Waals surface area contributed by atoms with E-state index < -0.39 is 0 Å². The standard InChI is InChI=1S/C35H37N5O3S/c1-35(2,3)24-19-23(22-37-44-5)33(42-4)30(20-24)40-34(41)39-29-15-16-31(28-14-10-9-13-27(28)29)43-26-17-18-36-32(21-26)38-25-11-7-6-8-12-25/h6-21,37H,22H2,1-5H3,(H,36,38)(H2,39,40,41). The minimum absolute atomic E-state index is 0.119. The molecule has 9 heteroatoms. The Kier molecular flexibility index (Phi) is 9.57. The lowest BCUT2D eigenvalue weighted by atomic mass is 9.85. The SMILES string of the molecule is COc1c(CNSC)cc(C(C)(C)C)cc1NC(=O)Nc1ccc(Oc2ccnc(Nc3ccccc3)c2)c2ccccc12. The number of pyridine rings is 1. The average molecular weight is 608 g/mol. The molecular weight excluding hydrogens is 570 g/mol. The van der Waals surface area contributed by atoms with Gasteiger partial charge in [0.25, 0.3) is 0 Å². The van der Waals surface area contributed by atoms with Crippen molar-refractivity contribution >= 4 is 51.6 Å². The van der Waals surface area contributed by atoms with Crippen molar-refractivity contribution in [2.45, 2.75) is 32.7 Å². The van der Waals surface area contributed by atoms with Gasteiger partial charge in [0.15, 0.2) is 0 Å². The second-order valence-electron chi connectivity index (χ2n) is 11.2. The monoisotopic (exact) mass is 607 g/mol. The lowest BCUT2D eigenvalue weighted by Crippen LogP contribution is -2.22. The lowest BCUT2D eigenvalue weighted by Gasteiger charge is -2.24. The van der Waals surface area contributed by atoms with Crippen LogP contribution in [0.3, 0.4) is 0 Å². The highest BCUT2D eigenvalue weighted by Gasteiger charge is 2.21. The van der Waals surface area contributed by atoms with Crippen molar-refractivity contribution in [2.24, 2.45) is 0 Å². The van der Waals surface area contributed by atoms with Gasteiger partial charge in [0.05, 0.1) is 18.5 Å². The zero-order valence-electron chi connectivity index (χ0n) is 25.5. The number of benzene rings is 4. The quantitative estimate of drug-likeness (QED) is 0.118. The minimum atomic E-state index is -0.372. The number of urea groups is 1. The fourth-order valence-electron chi connectivity index (χ4n) is 4.82. The molecule has 0 radical (unpaired) electrons. The number of anilines is 4. The molecule has 5 aromatic rings. The number of hydrogen-bond acceptors (Lipinski definition) is 7. The van der Waals surface area contributed by atoms with Gasteiger partial charge in [0.1, 0.15) is 23.1 Å². The van der Waals surface area contributed by atoms with Crippen molar-refractivity contribution in [3.8, 4) is 17.2 Å². The molecule has 5 rings (SSSR count). The van der Waals surface area contributed by atoms with Crippen LogP contribution in [0, 0.1) is 0 Å². The van der Waals surface area contributed by atoms with Gasteiger partial charge in [-0.25, -0.2) is 9.78 Å². The number of amides is 2. The Morgan fingerprint density at radius 1 is 0.864 bits per heavy atom. The van der Waals surface area contributed by atoms with Crippen molar-refractivity contribution in [1.82, 2.24) is 9.71 Å². The highest BCUT2D eigenvalue weighted by atomic mass is 32.2. The molecule has 0 aliphatic heterocycles. The molecule has 1 aromatic heterocycles. The third kappa shape index (κ3) is 7.42. The molecule has 0 unspecified atom stereocenters. The fourth-order valence-corrected chi connectivity index (χ4v) is 5.12. The van der Waals surface area contributed by atoms with Crippen LogP contribution in [0.4, 0.5) is 27.7 Å². The molecule has 0 aliphatic rings. The Morgan fingerprint density at radius 2 is 1.59 bits per heavy atom. The number of para-hydroxylation sites is 1. The normalized spacial score (nSPS) is 11.2. The lowest BCUT2D eigenvalue weighted by molar-refractivity contribution is 0.262. The first-order chi connectivity index (χ1) is 21.2. The summed E-state index contributed by atoms with van der Waals surface area (Å²) >= 11 is 1.53. The summed E-state index contributed by atoms with van der Waals surface area (Å²) in [6.45, 7) is 7.03. The van der Waals surface area contributed by atoms with Crippen LogP contribution in [0.15, 0.2) is 97.2 Å². The molecule has 1 heterocycles. The van der Waals surface area contributed by atoms with E-state index in [2.05, 4.69) is 52.5 Å². The predicted molar refractivity (Wildman–Crippen MR) is 183 cm³/mol. The molecule has 4 N–H and O–H groups in total. The number of methoxy groups -OCH3 is 1. The number of hydrogen-bond donors (Lipinski definition) is 4. The highest BCUT2D eigenvalue weighted by Crippen LogP contribution is 2.37. The van der Waals surface area contributed by atoms with Crippen LogP contribution >= 0.6 is 11.9 Å². The molecule has 2 amide bonds. The van der Waals surface area contributed by atoms with Crippen LogP contribution in [0.2, 0.25) is 0 Å². The summed E-state index contributed by atoms with van der Waals surface area (Å²) in [5.41, 5.74) is 4.14. The number of aromatic nitrogens is 1. The van der Waals surface area contributed by atoms with Crippen molar-refractivity contribution in [3.05, 3.63) is 108 Å². The Morgan fingerprint density at radius 3 is 2.32 bits per heavy atom. The molecule has 0 spiro atoms. The molecule has 0 atom stereocenters. The largest absolute Gasteiger partial charge is 0.494 e. The maximum Gasteiger partial charge on any atom is 0.323 e. The van der Waals surface area contributed by atoms with Gasteiger partial charge in [0, 0.05) is 40.8 Å². The summed E-state index contributed by atoms with van der Waals surface area (Å²) < 4.78 is 15.4. The van der Waals surface area contributed by atoms with Crippen molar-refractivity contribution in [2.75, 3.05) is 29.3 Å². The zero-order chi connectivity index (χ0) is 31.1. The van der Waals surface area contributed by atoms with E-state index in [1.54, 1.807) is 13.3 Å². The number of ether oxygens (including phenoxy) is 2. The molecule has 0 saturated carbocycles. The number of carbonyl (C=O) groups excluding carboxylic acids is 1. The molecular formula is C35H37N5O3S. The number of fused-ring (bicyclic) bond motifs is 1. The molecule has 44 heavy (non-hydrogen) atoms. The van der Waals surface area contributed by atoms with E-state index in [0.29, 0.717) is 41.0 Å². The molecule has 8 nitrogen and oxygen atoms in total. The predicted octanol–water partition coefficient (Wildman–Crippen LogP) is 9.09. The third-order valence-corrected chi connectivity index (χ3v) is 7.46. The first-order valence-electron chi connectivity index (χ1n) is 14.3. The van der Waals surface area contributed by atoms with E-state index in [0.717, 1.165) is 27.6 Å². The van der Waals surface area contributed by atoms with Crippen LogP contribution in [0.5, 0.6) is 17.2 Å². The van der Waals surface area contributed by atoms with E-state index in [9.17, 15) is 4.79 Å². The third-order valence-electron chi connectivity index (χ3n) is 7.03. The fraction of sp³-hybridized carbons (Fsp3) is 0.200. The first-order valence-corrected chi connectivity index (χ1v) is 15.5. The number of nitrogens with zero attached hydrogens (tertiary/aromatic N) is 1. The average Bonchev–Trinajstić information content (AvgIpc) is 3.01. The van der Waals surface area contributed by atoms with E-state index in [-0.39, 0.29) is 11.4 Å². The van der Waals surface area contributed by atoms with Gasteiger partial charge in [-0.1, -0.05) is 81.3 Å².